The molecule has 2 aromatic heterocycles. The number of anilines is 2. The fourth-order valence-electron chi connectivity index (χ4n) is 1.61. The molecular formula is C11H17N9O. The van der Waals surface area contributed by atoms with E-state index in [1.54, 1.807) is 11.9 Å². The number of nitrogens with zero attached hydrogens (tertiary/aromatic N) is 7. The van der Waals surface area contributed by atoms with Crippen molar-refractivity contribution in [3.63, 3.8) is 0 Å². The third-order valence-corrected chi connectivity index (χ3v) is 2.42. The lowest BCUT2D eigenvalue weighted by atomic mass is 10.4. The van der Waals surface area contributed by atoms with Crippen LogP contribution in [-0.2, 0) is 4.79 Å². The van der Waals surface area contributed by atoms with E-state index in [1.165, 1.54) is 17.3 Å². The molecule has 0 bridgehead atoms. The Kier molecular flexibility index (Phi) is 4.26. The highest BCUT2D eigenvalue weighted by Gasteiger charge is 2.14. The van der Waals surface area contributed by atoms with Crippen LogP contribution in [0.5, 0.6) is 0 Å². The summed E-state index contributed by atoms with van der Waals surface area (Å²) in [5.74, 6) is 0.438. The molecular weight excluding hydrogens is 274 g/mol. The average molecular weight is 291 g/mol. The quantitative estimate of drug-likeness (QED) is 0.717. The first-order valence-corrected chi connectivity index (χ1v) is 6.32. The lowest BCUT2D eigenvalue weighted by Gasteiger charge is -2.18. The second-order valence-corrected chi connectivity index (χ2v) is 4.71. The van der Waals surface area contributed by atoms with Crippen LogP contribution in [0.3, 0.4) is 0 Å². The highest BCUT2D eigenvalue weighted by atomic mass is 16.2. The zero-order valence-corrected chi connectivity index (χ0v) is 12.1. The lowest BCUT2D eigenvalue weighted by Crippen LogP contribution is -2.39. The third kappa shape index (κ3) is 3.84. The number of nitrogen functional groups attached to an aromatic ring is 1. The van der Waals surface area contributed by atoms with Gasteiger partial charge in [-0.05, 0) is 13.8 Å². The van der Waals surface area contributed by atoms with Gasteiger partial charge in [-0.3, -0.25) is 4.79 Å². The summed E-state index contributed by atoms with van der Waals surface area (Å²) < 4.78 is 1.36. The van der Waals surface area contributed by atoms with E-state index in [-0.39, 0.29) is 36.3 Å². The molecule has 10 heteroatoms. The molecule has 0 saturated heterocycles. The Balaban J connectivity index is 2.18. The minimum atomic E-state index is -0.131. The number of carbonyl (C=O) groups is 1. The van der Waals surface area contributed by atoms with Crippen LogP contribution in [0.4, 0.5) is 11.9 Å². The van der Waals surface area contributed by atoms with Crippen molar-refractivity contribution in [1.29, 1.82) is 0 Å². The SMILES string of the molecule is CC(C)NC(=O)CN(C)c1nc(N)nc(-n2cncn2)n1. The van der Waals surface area contributed by atoms with Crippen LogP contribution in [0, 0.1) is 0 Å². The fourth-order valence-corrected chi connectivity index (χ4v) is 1.61. The van der Waals surface area contributed by atoms with E-state index in [0.717, 1.165) is 0 Å². The van der Waals surface area contributed by atoms with E-state index in [9.17, 15) is 4.79 Å². The summed E-state index contributed by atoms with van der Waals surface area (Å²) in [5.41, 5.74) is 5.66. The van der Waals surface area contributed by atoms with Crippen LogP contribution in [0.15, 0.2) is 12.7 Å². The summed E-state index contributed by atoms with van der Waals surface area (Å²) in [5, 5.41) is 6.72. The molecule has 0 aliphatic carbocycles. The van der Waals surface area contributed by atoms with Gasteiger partial charge >= 0.3 is 0 Å². The predicted molar refractivity (Wildman–Crippen MR) is 75.7 cm³/mol. The monoisotopic (exact) mass is 291 g/mol. The van der Waals surface area contributed by atoms with Crippen molar-refractivity contribution in [1.82, 2.24) is 35.0 Å². The second kappa shape index (κ2) is 6.11. The van der Waals surface area contributed by atoms with Gasteiger partial charge in [-0.25, -0.2) is 4.98 Å². The van der Waals surface area contributed by atoms with Gasteiger partial charge in [0.1, 0.15) is 12.7 Å². The van der Waals surface area contributed by atoms with Gasteiger partial charge in [0.15, 0.2) is 0 Å². The standard InChI is InChI=1S/C11H17N9O/c1-7(2)15-8(21)4-19(3)10-16-9(12)17-11(18-10)20-6-13-5-14-20/h5-7H,4H2,1-3H3,(H,15,21)(H2,12,16,17,18). The Morgan fingerprint density at radius 3 is 2.81 bits per heavy atom. The number of likely N-dealkylation sites (N-methyl/N-ethyl adjacent to an activating group) is 1. The number of hydrogen-bond acceptors (Lipinski definition) is 8. The highest BCUT2D eigenvalue weighted by Crippen LogP contribution is 2.09. The molecule has 2 aromatic rings. The number of nitrogens with one attached hydrogen (secondary N) is 1. The summed E-state index contributed by atoms with van der Waals surface area (Å²) in [6.07, 6.45) is 2.81. The maximum atomic E-state index is 11.8. The van der Waals surface area contributed by atoms with Gasteiger partial charge in [-0.15, -0.1) is 0 Å². The van der Waals surface area contributed by atoms with Crippen LogP contribution in [0.2, 0.25) is 0 Å². The molecule has 0 fully saturated rings. The van der Waals surface area contributed by atoms with Gasteiger partial charge in [-0.1, -0.05) is 0 Å². The first kappa shape index (κ1) is 14.6. The minimum absolute atomic E-state index is 0.0432. The molecule has 10 nitrogen and oxygen atoms in total. The molecule has 0 aliphatic rings. The molecule has 0 aliphatic heterocycles. The number of rotatable bonds is 5. The molecule has 0 atom stereocenters. The van der Waals surface area contributed by atoms with Gasteiger partial charge in [0.25, 0.3) is 5.95 Å². The van der Waals surface area contributed by atoms with Gasteiger partial charge in [-0.2, -0.15) is 24.7 Å². The van der Waals surface area contributed by atoms with E-state index in [2.05, 4.69) is 30.4 Å². The van der Waals surface area contributed by atoms with E-state index in [1.807, 2.05) is 13.8 Å². The van der Waals surface area contributed by atoms with Crippen molar-refractivity contribution in [3.8, 4) is 5.95 Å². The number of carbonyl (C=O) groups excluding carboxylic acids is 1. The Hall–Kier alpha value is -2.78. The molecule has 0 saturated carbocycles. The molecule has 0 spiro atoms. The molecule has 0 unspecified atom stereocenters. The van der Waals surface area contributed by atoms with Crippen molar-refractivity contribution in [2.24, 2.45) is 0 Å². The van der Waals surface area contributed by atoms with Crippen molar-refractivity contribution >= 4 is 17.8 Å². The maximum absolute atomic E-state index is 11.8. The van der Waals surface area contributed by atoms with Crippen molar-refractivity contribution in [2.45, 2.75) is 19.9 Å². The molecule has 21 heavy (non-hydrogen) atoms. The molecule has 0 aromatic carbocycles. The number of amides is 1. The number of nitrogens with two attached hydrogens (primary N) is 1. The molecule has 112 valence electrons. The first-order chi connectivity index (χ1) is 9.95. The minimum Gasteiger partial charge on any atom is -0.368 e. The topological polar surface area (TPSA) is 128 Å². The number of hydrogen-bond donors (Lipinski definition) is 2. The Morgan fingerprint density at radius 1 is 1.43 bits per heavy atom. The zero-order valence-electron chi connectivity index (χ0n) is 12.1. The molecule has 0 radical (unpaired) electrons. The van der Waals surface area contributed by atoms with Gasteiger partial charge < -0.3 is 16.0 Å². The Labute approximate surface area is 121 Å². The fraction of sp³-hybridized carbons (Fsp3) is 0.455. The molecule has 2 heterocycles. The number of aromatic nitrogens is 6. The van der Waals surface area contributed by atoms with E-state index < -0.39 is 0 Å². The smallest absolute Gasteiger partial charge is 0.258 e. The summed E-state index contributed by atoms with van der Waals surface area (Å²) in [4.78, 5) is 29.4. The average Bonchev–Trinajstić information content (AvgIpc) is 2.90. The van der Waals surface area contributed by atoms with E-state index >= 15 is 0 Å². The van der Waals surface area contributed by atoms with Gasteiger partial charge in [0, 0.05) is 13.1 Å². The largest absolute Gasteiger partial charge is 0.368 e. The summed E-state index contributed by atoms with van der Waals surface area (Å²) in [6.45, 7) is 3.89. The van der Waals surface area contributed by atoms with Gasteiger partial charge in [0.05, 0.1) is 6.54 Å². The lowest BCUT2D eigenvalue weighted by molar-refractivity contribution is -0.120. The van der Waals surface area contributed by atoms with Gasteiger partial charge in [0.2, 0.25) is 17.8 Å². The third-order valence-electron chi connectivity index (χ3n) is 2.42. The van der Waals surface area contributed by atoms with E-state index in [4.69, 9.17) is 5.73 Å². The van der Waals surface area contributed by atoms with Crippen molar-refractivity contribution in [2.75, 3.05) is 24.2 Å². The summed E-state index contributed by atoms with van der Waals surface area (Å²) >= 11 is 0. The Morgan fingerprint density at radius 2 is 2.19 bits per heavy atom. The Bertz CT molecular complexity index is 610. The predicted octanol–water partition coefficient (Wildman–Crippen LogP) is -1.00. The van der Waals surface area contributed by atoms with Crippen LogP contribution < -0.4 is 16.0 Å². The molecule has 1 amide bonds. The van der Waals surface area contributed by atoms with E-state index in [0.29, 0.717) is 0 Å². The highest BCUT2D eigenvalue weighted by molar-refractivity contribution is 5.80. The second-order valence-electron chi connectivity index (χ2n) is 4.71. The zero-order chi connectivity index (χ0) is 15.4. The normalized spacial score (nSPS) is 10.7. The maximum Gasteiger partial charge on any atom is 0.258 e. The summed E-state index contributed by atoms with van der Waals surface area (Å²) in [6, 6.07) is 0.0695. The molecule has 2 rings (SSSR count). The van der Waals surface area contributed by atoms with Crippen LogP contribution in [0.1, 0.15) is 13.8 Å². The van der Waals surface area contributed by atoms with Crippen LogP contribution in [-0.4, -0.2) is 55.3 Å². The summed E-state index contributed by atoms with van der Waals surface area (Å²) in [7, 11) is 1.69. The van der Waals surface area contributed by atoms with Crippen LogP contribution >= 0.6 is 0 Å². The van der Waals surface area contributed by atoms with Crippen molar-refractivity contribution < 1.29 is 4.79 Å². The molecule has 3 N–H and O–H groups in total. The van der Waals surface area contributed by atoms with Crippen molar-refractivity contribution in [3.05, 3.63) is 12.7 Å². The first-order valence-electron chi connectivity index (χ1n) is 6.32. The van der Waals surface area contributed by atoms with Crippen LogP contribution in [0.25, 0.3) is 5.95 Å².